The number of carbonyl (C=O) groups is 1. The third-order valence-corrected chi connectivity index (χ3v) is 4.58. The minimum Gasteiger partial charge on any atom is -0.493 e. The molecule has 1 unspecified atom stereocenters. The van der Waals surface area contributed by atoms with E-state index in [2.05, 4.69) is 0 Å². The molecular weight excluding hydrogens is 352 g/mol. The Morgan fingerprint density at radius 1 is 0.778 bits per heavy atom. The van der Waals surface area contributed by atoms with Crippen LogP contribution in [0.25, 0.3) is 0 Å². The SMILES string of the molecule is COc1cc2c(cc1OC)C(c1cc(OC)c(OC)c(OC)c1)CC(=O)O2. The number of fused-ring (bicyclic) bond motifs is 1. The smallest absolute Gasteiger partial charge is 0.312 e. The number of hydrogen-bond donors (Lipinski definition) is 0. The molecule has 0 amide bonds. The van der Waals surface area contributed by atoms with E-state index in [0.717, 1.165) is 11.1 Å². The molecule has 0 radical (unpaired) electrons. The predicted molar refractivity (Wildman–Crippen MR) is 97.7 cm³/mol. The van der Waals surface area contributed by atoms with Crippen molar-refractivity contribution in [3.8, 4) is 34.5 Å². The molecule has 7 nitrogen and oxygen atoms in total. The molecular formula is C20H22O7. The Labute approximate surface area is 157 Å². The molecule has 0 fully saturated rings. The Morgan fingerprint density at radius 2 is 1.33 bits per heavy atom. The number of methoxy groups -OCH3 is 5. The number of ether oxygens (including phenoxy) is 6. The summed E-state index contributed by atoms with van der Waals surface area (Å²) in [5.41, 5.74) is 1.66. The van der Waals surface area contributed by atoms with Crippen molar-refractivity contribution in [1.82, 2.24) is 0 Å². The molecule has 1 aliphatic heterocycles. The summed E-state index contributed by atoms with van der Waals surface area (Å²) in [6, 6.07) is 7.17. The van der Waals surface area contributed by atoms with Gasteiger partial charge in [-0.1, -0.05) is 0 Å². The summed E-state index contributed by atoms with van der Waals surface area (Å²) in [4.78, 5) is 12.2. The highest BCUT2D eigenvalue weighted by Gasteiger charge is 2.31. The fourth-order valence-electron chi connectivity index (χ4n) is 3.28. The second-order valence-corrected chi connectivity index (χ2v) is 5.93. The van der Waals surface area contributed by atoms with Crippen molar-refractivity contribution in [3.05, 3.63) is 35.4 Å². The average molecular weight is 374 g/mol. The van der Waals surface area contributed by atoms with Crippen LogP contribution in [0.5, 0.6) is 34.5 Å². The van der Waals surface area contributed by atoms with E-state index < -0.39 is 0 Å². The van der Waals surface area contributed by atoms with Crippen LogP contribution in [0.3, 0.4) is 0 Å². The van der Waals surface area contributed by atoms with Gasteiger partial charge in [-0.05, 0) is 23.8 Å². The molecule has 1 heterocycles. The fourth-order valence-corrected chi connectivity index (χ4v) is 3.28. The van der Waals surface area contributed by atoms with Crippen LogP contribution < -0.4 is 28.4 Å². The first-order valence-corrected chi connectivity index (χ1v) is 8.32. The number of esters is 1. The van der Waals surface area contributed by atoms with Crippen LogP contribution in [0.4, 0.5) is 0 Å². The van der Waals surface area contributed by atoms with Gasteiger partial charge in [-0.15, -0.1) is 0 Å². The van der Waals surface area contributed by atoms with E-state index in [0.29, 0.717) is 34.5 Å². The van der Waals surface area contributed by atoms with Crippen molar-refractivity contribution in [3.63, 3.8) is 0 Å². The van der Waals surface area contributed by atoms with E-state index in [1.165, 1.54) is 7.11 Å². The number of carbonyl (C=O) groups excluding carboxylic acids is 1. The fraction of sp³-hybridized carbons (Fsp3) is 0.350. The largest absolute Gasteiger partial charge is 0.493 e. The zero-order valence-corrected chi connectivity index (χ0v) is 16.0. The minimum atomic E-state index is -0.325. The van der Waals surface area contributed by atoms with E-state index >= 15 is 0 Å². The van der Waals surface area contributed by atoms with Crippen molar-refractivity contribution < 1.29 is 33.2 Å². The summed E-state index contributed by atoms with van der Waals surface area (Å²) in [6.45, 7) is 0. The number of benzene rings is 2. The monoisotopic (exact) mass is 374 g/mol. The summed E-state index contributed by atoms with van der Waals surface area (Å²) in [5.74, 6) is 2.46. The quantitative estimate of drug-likeness (QED) is 0.568. The summed E-state index contributed by atoms with van der Waals surface area (Å²) in [6.07, 6.45) is 0.182. The van der Waals surface area contributed by atoms with Gasteiger partial charge >= 0.3 is 5.97 Å². The Morgan fingerprint density at radius 3 is 1.85 bits per heavy atom. The standard InChI is InChI=1S/C20H22O7/c1-22-15-8-13-12(9-19(21)27-14(13)10-16(15)23-2)11-6-17(24-3)20(26-5)18(7-11)25-4/h6-8,10,12H,9H2,1-5H3. The van der Waals surface area contributed by atoms with Crippen molar-refractivity contribution >= 4 is 5.97 Å². The lowest BCUT2D eigenvalue weighted by Crippen LogP contribution is -2.21. The third-order valence-electron chi connectivity index (χ3n) is 4.58. The molecule has 0 N–H and O–H groups in total. The van der Waals surface area contributed by atoms with E-state index in [1.807, 2.05) is 18.2 Å². The van der Waals surface area contributed by atoms with Crippen LogP contribution in [-0.4, -0.2) is 41.5 Å². The van der Waals surface area contributed by atoms with Crippen LogP contribution in [0.1, 0.15) is 23.5 Å². The Kier molecular flexibility index (Phi) is 5.30. The first-order chi connectivity index (χ1) is 13.1. The van der Waals surface area contributed by atoms with Gasteiger partial charge in [0, 0.05) is 17.5 Å². The van der Waals surface area contributed by atoms with Gasteiger partial charge in [-0.2, -0.15) is 0 Å². The van der Waals surface area contributed by atoms with Gasteiger partial charge in [0.15, 0.2) is 23.0 Å². The highest BCUT2D eigenvalue weighted by molar-refractivity contribution is 5.79. The molecule has 0 saturated heterocycles. The van der Waals surface area contributed by atoms with Crippen LogP contribution in [-0.2, 0) is 4.79 Å². The maximum absolute atomic E-state index is 12.2. The van der Waals surface area contributed by atoms with Crippen LogP contribution in [0.15, 0.2) is 24.3 Å². The van der Waals surface area contributed by atoms with E-state index in [4.69, 9.17) is 28.4 Å². The van der Waals surface area contributed by atoms with Crippen LogP contribution in [0, 0.1) is 0 Å². The Bertz CT molecular complexity index is 835. The summed E-state index contributed by atoms with van der Waals surface area (Å²) in [7, 11) is 7.75. The molecule has 0 bridgehead atoms. The Hall–Kier alpha value is -3.09. The van der Waals surface area contributed by atoms with E-state index in [-0.39, 0.29) is 18.3 Å². The lowest BCUT2D eigenvalue weighted by atomic mass is 9.85. The molecule has 0 saturated carbocycles. The van der Waals surface area contributed by atoms with Gasteiger partial charge in [-0.25, -0.2) is 0 Å². The molecule has 27 heavy (non-hydrogen) atoms. The normalized spacial score (nSPS) is 15.4. The molecule has 3 rings (SSSR count). The van der Waals surface area contributed by atoms with Gasteiger partial charge in [0.25, 0.3) is 0 Å². The van der Waals surface area contributed by atoms with E-state index in [9.17, 15) is 4.79 Å². The maximum Gasteiger partial charge on any atom is 0.312 e. The van der Waals surface area contributed by atoms with Gasteiger partial charge in [0.05, 0.1) is 42.0 Å². The molecule has 7 heteroatoms. The Balaban J connectivity index is 2.17. The predicted octanol–water partition coefficient (Wildman–Crippen LogP) is 3.17. The average Bonchev–Trinajstić information content (AvgIpc) is 2.70. The van der Waals surface area contributed by atoms with Crippen molar-refractivity contribution in [2.75, 3.05) is 35.5 Å². The van der Waals surface area contributed by atoms with Crippen molar-refractivity contribution in [2.24, 2.45) is 0 Å². The topological polar surface area (TPSA) is 72.5 Å². The van der Waals surface area contributed by atoms with Gasteiger partial charge in [0.1, 0.15) is 5.75 Å². The molecule has 2 aromatic carbocycles. The third kappa shape index (κ3) is 3.32. The van der Waals surface area contributed by atoms with E-state index in [1.54, 1.807) is 34.5 Å². The highest BCUT2D eigenvalue weighted by atomic mass is 16.5. The van der Waals surface area contributed by atoms with Crippen molar-refractivity contribution in [2.45, 2.75) is 12.3 Å². The summed E-state index contributed by atoms with van der Waals surface area (Å²) in [5, 5.41) is 0. The zero-order chi connectivity index (χ0) is 19.6. The second kappa shape index (κ2) is 7.65. The maximum atomic E-state index is 12.2. The first-order valence-electron chi connectivity index (χ1n) is 8.32. The second-order valence-electron chi connectivity index (χ2n) is 5.93. The van der Waals surface area contributed by atoms with Gasteiger partial charge in [-0.3, -0.25) is 4.79 Å². The molecule has 0 aromatic heterocycles. The zero-order valence-electron chi connectivity index (χ0n) is 16.0. The molecule has 0 spiro atoms. The van der Waals surface area contributed by atoms with Gasteiger partial charge in [0.2, 0.25) is 5.75 Å². The lowest BCUT2D eigenvalue weighted by Gasteiger charge is -2.27. The minimum absolute atomic E-state index is 0.182. The summed E-state index contributed by atoms with van der Waals surface area (Å²) < 4.78 is 32.4. The molecule has 1 aliphatic rings. The molecule has 144 valence electrons. The van der Waals surface area contributed by atoms with Gasteiger partial charge < -0.3 is 28.4 Å². The molecule has 1 atom stereocenters. The number of rotatable bonds is 6. The molecule has 0 aliphatic carbocycles. The first kappa shape index (κ1) is 18.7. The molecule has 2 aromatic rings. The van der Waals surface area contributed by atoms with Crippen LogP contribution >= 0.6 is 0 Å². The lowest BCUT2D eigenvalue weighted by molar-refractivity contribution is -0.135. The van der Waals surface area contributed by atoms with Crippen molar-refractivity contribution in [1.29, 1.82) is 0 Å². The highest BCUT2D eigenvalue weighted by Crippen LogP contribution is 2.47. The van der Waals surface area contributed by atoms with Crippen LogP contribution in [0.2, 0.25) is 0 Å². The number of hydrogen-bond acceptors (Lipinski definition) is 7. The summed E-state index contributed by atoms with van der Waals surface area (Å²) >= 11 is 0.